The minimum Gasteiger partial charge on any atom is -0.371 e. The SMILES string of the molecule is C[C@H](c1ccccc1)N1CCOC(c2ccc(C#N)cc2)C1. The van der Waals surface area contributed by atoms with E-state index < -0.39 is 0 Å². The van der Waals surface area contributed by atoms with Crippen LogP contribution in [0.5, 0.6) is 0 Å². The molecule has 3 rings (SSSR count). The molecule has 22 heavy (non-hydrogen) atoms. The number of nitrogens with zero attached hydrogens (tertiary/aromatic N) is 2. The fourth-order valence-corrected chi connectivity index (χ4v) is 2.94. The molecule has 1 aliphatic heterocycles. The number of hydrogen-bond donors (Lipinski definition) is 0. The molecule has 112 valence electrons. The van der Waals surface area contributed by atoms with Gasteiger partial charge in [0.1, 0.15) is 0 Å². The molecule has 1 fully saturated rings. The van der Waals surface area contributed by atoms with Crippen LogP contribution in [0.25, 0.3) is 0 Å². The van der Waals surface area contributed by atoms with E-state index in [4.69, 9.17) is 10.00 Å². The van der Waals surface area contributed by atoms with Crippen molar-refractivity contribution < 1.29 is 4.74 Å². The summed E-state index contributed by atoms with van der Waals surface area (Å²) in [6.07, 6.45) is 0.0765. The first-order chi connectivity index (χ1) is 10.8. The smallest absolute Gasteiger partial charge is 0.0991 e. The van der Waals surface area contributed by atoms with Gasteiger partial charge in [0.05, 0.1) is 24.3 Å². The minimum absolute atomic E-state index is 0.0765. The lowest BCUT2D eigenvalue weighted by Gasteiger charge is -2.37. The second-order valence-electron chi connectivity index (χ2n) is 5.67. The molecule has 2 aromatic carbocycles. The number of rotatable bonds is 3. The summed E-state index contributed by atoms with van der Waals surface area (Å²) in [6.45, 7) is 4.81. The van der Waals surface area contributed by atoms with Crippen molar-refractivity contribution in [3.05, 3.63) is 71.3 Å². The van der Waals surface area contributed by atoms with E-state index in [2.05, 4.69) is 48.2 Å². The highest BCUT2D eigenvalue weighted by Crippen LogP contribution is 2.28. The van der Waals surface area contributed by atoms with Gasteiger partial charge in [0.15, 0.2) is 0 Å². The molecule has 0 amide bonds. The molecule has 0 radical (unpaired) electrons. The standard InChI is InChI=1S/C19H20N2O/c1-15(17-5-3-2-4-6-17)21-11-12-22-19(14-21)18-9-7-16(13-20)8-10-18/h2-10,15,19H,11-12,14H2,1H3/t15-,19?/m1/s1. The average Bonchev–Trinajstić information content (AvgIpc) is 2.62. The van der Waals surface area contributed by atoms with Crippen molar-refractivity contribution in [2.45, 2.75) is 19.1 Å². The highest BCUT2D eigenvalue weighted by Gasteiger charge is 2.25. The Kier molecular flexibility index (Phi) is 4.53. The fourth-order valence-electron chi connectivity index (χ4n) is 2.94. The third kappa shape index (κ3) is 3.19. The second-order valence-corrected chi connectivity index (χ2v) is 5.67. The fraction of sp³-hybridized carbons (Fsp3) is 0.316. The zero-order chi connectivity index (χ0) is 15.4. The van der Waals surface area contributed by atoms with Crippen molar-refractivity contribution in [3.8, 4) is 6.07 Å². The Labute approximate surface area is 131 Å². The van der Waals surface area contributed by atoms with Crippen LogP contribution < -0.4 is 0 Å². The third-order valence-corrected chi connectivity index (χ3v) is 4.34. The number of morpholine rings is 1. The largest absolute Gasteiger partial charge is 0.371 e. The summed E-state index contributed by atoms with van der Waals surface area (Å²) >= 11 is 0. The highest BCUT2D eigenvalue weighted by atomic mass is 16.5. The van der Waals surface area contributed by atoms with Crippen LogP contribution in [-0.4, -0.2) is 24.6 Å². The quantitative estimate of drug-likeness (QED) is 0.865. The summed E-state index contributed by atoms with van der Waals surface area (Å²) in [5.41, 5.74) is 3.17. The van der Waals surface area contributed by atoms with Crippen molar-refractivity contribution >= 4 is 0 Å². The molecule has 1 aliphatic rings. The first kappa shape index (κ1) is 14.8. The lowest BCUT2D eigenvalue weighted by Crippen LogP contribution is -2.39. The van der Waals surface area contributed by atoms with Crippen LogP contribution in [0, 0.1) is 11.3 Å². The van der Waals surface area contributed by atoms with Crippen LogP contribution in [0.1, 0.15) is 35.8 Å². The van der Waals surface area contributed by atoms with E-state index >= 15 is 0 Å². The van der Waals surface area contributed by atoms with Crippen LogP contribution in [0.3, 0.4) is 0 Å². The van der Waals surface area contributed by atoms with E-state index in [0.29, 0.717) is 11.6 Å². The van der Waals surface area contributed by atoms with Crippen molar-refractivity contribution in [2.75, 3.05) is 19.7 Å². The maximum absolute atomic E-state index is 8.89. The monoisotopic (exact) mass is 292 g/mol. The second kappa shape index (κ2) is 6.74. The Morgan fingerprint density at radius 2 is 1.86 bits per heavy atom. The molecule has 2 atom stereocenters. The first-order valence-electron chi connectivity index (χ1n) is 7.68. The predicted molar refractivity (Wildman–Crippen MR) is 86.3 cm³/mol. The number of hydrogen-bond acceptors (Lipinski definition) is 3. The van der Waals surface area contributed by atoms with E-state index in [0.717, 1.165) is 25.3 Å². The molecule has 0 saturated carbocycles. The van der Waals surface area contributed by atoms with Gasteiger partial charge in [-0.2, -0.15) is 5.26 Å². The molecular weight excluding hydrogens is 272 g/mol. The van der Waals surface area contributed by atoms with Crippen LogP contribution >= 0.6 is 0 Å². The van der Waals surface area contributed by atoms with Crippen LogP contribution in [0.2, 0.25) is 0 Å². The van der Waals surface area contributed by atoms with E-state index in [1.54, 1.807) is 0 Å². The summed E-state index contributed by atoms with van der Waals surface area (Å²) in [4.78, 5) is 2.46. The summed E-state index contributed by atoms with van der Waals surface area (Å²) in [5.74, 6) is 0. The number of nitriles is 1. The van der Waals surface area contributed by atoms with Gasteiger partial charge in [0.25, 0.3) is 0 Å². The zero-order valence-corrected chi connectivity index (χ0v) is 12.8. The molecule has 0 aliphatic carbocycles. The number of ether oxygens (including phenoxy) is 1. The van der Waals surface area contributed by atoms with Crippen LogP contribution in [0.4, 0.5) is 0 Å². The van der Waals surface area contributed by atoms with E-state index in [-0.39, 0.29) is 6.10 Å². The molecule has 0 N–H and O–H groups in total. The van der Waals surface area contributed by atoms with Gasteiger partial charge in [-0.05, 0) is 30.2 Å². The third-order valence-electron chi connectivity index (χ3n) is 4.34. The molecule has 0 bridgehead atoms. The van der Waals surface area contributed by atoms with Gasteiger partial charge in [0.2, 0.25) is 0 Å². The minimum atomic E-state index is 0.0765. The molecule has 3 nitrogen and oxygen atoms in total. The Hall–Kier alpha value is -2.15. The topological polar surface area (TPSA) is 36.3 Å². The summed E-state index contributed by atoms with van der Waals surface area (Å²) in [7, 11) is 0. The van der Waals surface area contributed by atoms with Crippen molar-refractivity contribution in [2.24, 2.45) is 0 Å². The van der Waals surface area contributed by atoms with Gasteiger partial charge in [-0.15, -0.1) is 0 Å². The summed E-state index contributed by atoms with van der Waals surface area (Å²) < 4.78 is 5.93. The molecule has 0 spiro atoms. The van der Waals surface area contributed by atoms with Crippen LogP contribution in [-0.2, 0) is 4.74 Å². The number of benzene rings is 2. The Balaban J connectivity index is 1.72. The van der Waals surface area contributed by atoms with Gasteiger partial charge < -0.3 is 4.74 Å². The Morgan fingerprint density at radius 3 is 2.55 bits per heavy atom. The molecule has 1 heterocycles. The van der Waals surface area contributed by atoms with Gasteiger partial charge in [0, 0.05) is 19.1 Å². The maximum Gasteiger partial charge on any atom is 0.0991 e. The van der Waals surface area contributed by atoms with Gasteiger partial charge in [-0.1, -0.05) is 42.5 Å². The van der Waals surface area contributed by atoms with Crippen LogP contribution in [0.15, 0.2) is 54.6 Å². The van der Waals surface area contributed by atoms with Gasteiger partial charge in [-0.25, -0.2) is 0 Å². The van der Waals surface area contributed by atoms with Gasteiger partial charge in [-0.3, -0.25) is 4.90 Å². The predicted octanol–water partition coefficient (Wildman–Crippen LogP) is 3.69. The summed E-state index contributed by atoms with van der Waals surface area (Å²) in [6, 6.07) is 20.8. The van der Waals surface area contributed by atoms with Crippen molar-refractivity contribution in [3.63, 3.8) is 0 Å². The highest BCUT2D eigenvalue weighted by molar-refractivity contribution is 5.32. The molecule has 3 heteroatoms. The van der Waals surface area contributed by atoms with E-state index in [9.17, 15) is 0 Å². The average molecular weight is 292 g/mol. The van der Waals surface area contributed by atoms with Gasteiger partial charge >= 0.3 is 0 Å². The zero-order valence-electron chi connectivity index (χ0n) is 12.8. The Bertz CT molecular complexity index is 645. The molecular formula is C19H20N2O. The molecule has 1 saturated heterocycles. The molecule has 1 unspecified atom stereocenters. The molecule has 2 aromatic rings. The lowest BCUT2D eigenvalue weighted by molar-refractivity contribution is -0.0431. The van der Waals surface area contributed by atoms with Crippen molar-refractivity contribution in [1.82, 2.24) is 4.90 Å². The normalized spacial score (nSPS) is 20.3. The molecule has 0 aromatic heterocycles. The lowest BCUT2D eigenvalue weighted by atomic mass is 10.0. The van der Waals surface area contributed by atoms with E-state index in [1.807, 2.05) is 24.3 Å². The summed E-state index contributed by atoms with van der Waals surface area (Å²) in [5, 5.41) is 8.89. The Morgan fingerprint density at radius 1 is 1.14 bits per heavy atom. The first-order valence-corrected chi connectivity index (χ1v) is 7.68. The maximum atomic E-state index is 8.89. The van der Waals surface area contributed by atoms with Crippen molar-refractivity contribution in [1.29, 1.82) is 5.26 Å². The van der Waals surface area contributed by atoms with E-state index in [1.165, 1.54) is 5.56 Å².